The molecule has 0 saturated heterocycles. The normalized spacial score (nSPS) is 10.9. The second kappa shape index (κ2) is 4.57. The summed E-state index contributed by atoms with van der Waals surface area (Å²) >= 11 is 5.96. The molecule has 3 aromatic rings. The first-order chi connectivity index (χ1) is 9.54. The van der Waals surface area contributed by atoms with Crippen molar-refractivity contribution in [2.24, 2.45) is 0 Å². The number of H-pyrrole nitrogens is 1. The van der Waals surface area contributed by atoms with Crippen LogP contribution in [0.1, 0.15) is 22.1 Å². The molecule has 0 aliphatic heterocycles. The van der Waals surface area contributed by atoms with E-state index in [1.807, 2.05) is 0 Å². The lowest BCUT2D eigenvalue weighted by Crippen LogP contribution is -2.14. The largest absolute Gasteiger partial charge is 0.436 e. The third-order valence-corrected chi connectivity index (χ3v) is 2.85. The van der Waals surface area contributed by atoms with E-state index in [2.05, 4.69) is 30.2 Å². The van der Waals surface area contributed by atoms with Crippen LogP contribution >= 0.6 is 11.6 Å². The van der Waals surface area contributed by atoms with Crippen molar-refractivity contribution in [3.63, 3.8) is 0 Å². The van der Waals surface area contributed by atoms with E-state index in [-0.39, 0.29) is 16.9 Å². The lowest BCUT2D eigenvalue weighted by Gasteiger charge is -2.02. The number of hydrogen-bond donors (Lipinski definition) is 2. The number of aryl methyl sites for hydroxylation is 2. The van der Waals surface area contributed by atoms with Gasteiger partial charge in [0.05, 0.1) is 12.0 Å². The molecule has 0 bridgehead atoms. The van der Waals surface area contributed by atoms with E-state index in [4.69, 9.17) is 16.0 Å². The highest BCUT2D eigenvalue weighted by molar-refractivity contribution is 6.33. The van der Waals surface area contributed by atoms with Gasteiger partial charge in [-0.1, -0.05) is 11.6 Å². The first-order valence-electron chi connectivity index (χ1n) is 5.66. The summed E-state index contributed by atoms with van der Waals surface area (Å²) in [4.78, 5) is 30.9. The van der Waals surface area contributed by atoms with Gasteiger partial charge in [-0.2, -0.15) is 9.97 Å². The number of rotatable bonds is 2. The Bertz CT molecular complexity index is 808. The Kier molecular flexibility index (Phi) is 2.87. The summed E-state index contributed by atoms with van der Waals surface area (Å²) in [6, 6.07) is 0. The lowest BCUT2D eigenvalue weighted by molar-refractivity contribution is 0.0994. The molecule has 102 valence electrons. The van der Waals surface area contributed by atoms with Gasteiger partial charge in [-0.05, 0) is 6.92 Å². The Morgan fingerprint density at radius 1 is 1.35 bits per heavy atom. The van der Waals surface area contributed by atoms with Crippen molar-refractivity contribution < 1.29 is 9.21 Å². The summed E-state index contributed by atoms with van der Waals surface area (Å²) in [5.41, 5.74) is 1.37. The van der Waals surface area contributed by atoms with Crippen LogP contribution in [0, 0.1) is 13.8 Å². The average Bonchev–Trinajstić information content (AvgIpc) is 2.95. The summed E-state index contributed by atoms with van der Waals surface area (Å²) < 4.78 is 5.22. The first kappa shape index (κ1) is 12.5. The van der Waals surface area contributed by atoms with Crippen LogP contribution in [0.25, 0.3) is 11.2 Å². The zero-order valence-corrected chi connectivity index (χ0v) is 11.3. The molecule has 0 aromatic carbocycles. The number of nitrogens with zero attached hydrogens (tertiary/aromatic N) is 4. The minimum Gasteiger partial charge on any atom is -0.436 e. The van der Waals surface area contributed by atoms with Crippen molar-refractivity contribution in [1.29, 1.82) is 0 Å². The molecule has 0 unspecified atom stereocenters. The van der Waals surface area contributed by atoms with Gasteiger partial charge in [-0.15, -0.1) is 0 Å². The minimum absolute atomic E-state index is 0.0491. The maximum atomic E-state index is 12.0. The van der Waals surface area contributed by atoms with Crippen LogP contribution in [0.2, 0.25) is 5.15 Å². The molecule has 0 aliphatic rings. The van der Waals surface area contributed by atoms with Crippen LogP contribution in [0.3, 0.4) is 0 Å². The molecule has 0 spiro atoms. The van der Waals surface area contributed by atoms with Crippen LogP contribution in [0.5, 0.6) is 0 Å². The monoisotopic (exact) mass is 292 g/mol. The van der Waals surface area contributed by atoms with Crippen molar-refractivity contribution in [2.45, 2.75) is 13.8 Å². The number of halogens is 1. The third kappa shape index (κ3) is 2.10. The van der Waals surface area contributed by atoms with E-state index in [9.17, 15) is 4.79 Å². The number of nitrogens with one attached hydrogen (secondary N) is 2. The fourth-order valence-electron chi connectivity index (χ4n) is 1.75. The molecule has 3 heterocycles. The number of aromatic nitrogens is 5. The van der Waals surface area contributed by atoms with Crippen molar-refractivity contribution in [1.82, 2.24) is 24.9 Å². The van der Waals surface area contributed by atoms with Gasteiger partial charge >= 0.3 is 0 Å². The Balaban J connectivity index is 1.93. The van der Waals surface area contributed by atoms with Crippen LogP contribution in [0.15, 0.2) is 10.7 Å². The van der Waals surface area contributed by atoms with Crippen molar-refractivity contribution in [3.8, 4) is 0 Å². The third-order valence-electron chi connectivity index (χ3n) is 2.58. The number of amides is 1. The Hall–Kier alpha value is -2.48. The van der Waals surface area contributed by atoms with Gasteiger partial charge in [-0.3, -0.25) is 10.1 Å². The predicted octanol–water partition coefficient (Wildman–Crippen LogP) is 1.86. The molecule has 0 radical (unpaired) electrons. The van der Waals surface area contributed by atoms with Crippen LogP contribution < -0.4 is 5.32 Å². The zero-order chi connectivity index (χ0) is 14.3. The fraction of sp³-hybridized carbons (Fsp3) is 0.182. The van der Waals surface area contributed by atoms with E-state index in [1.54, 1.807) is 13.8 Å². The van der Waals surface area contributed by atoms with E-state index in [0.717, 1.165) is 0 Å². The van der Waals surface area contributed by atoms with Crippen LogP contribution in [0.4, 0.5) is 5.95 Å². The number of anilines is 1. The maximum Gasteiger partial charge on any atom is 0.295 e. The van der Waals surface area contributed by atoms with E-state index >= 15 is 0 Å². The highest BCUT2D eigenvalue weighted by atomic mass is 35.5. The number of oxazole rings is 1. The molecule has 3 aromatic heterocycles. The summed E-state index contributed by atoms with van der Waals surface area (Å²) in [6.45, 7) is 3.34. The fourth-order valence-corrected chi connectivity index (χ4v) is 1.97. The van der Waals surface area contributed by atoms with E-state index in [0.29, 0.717) is 22.7 Å². The molecule has 0 aliphatic carbocycles. The average molecular weight is 293 g/mol. The maximum absolute atomic E-state index is 12.0. The quantitative estimate of drug-likeness (QED) is 0.698. The number of carbonyl (C=O) groups is 1. The summed E-state index contributed by atoms with van der Waals surface area (Å²) in [5.74, 6) is 0.0841. The van der Waals surface area contributed by atoms with E-state index in [1.165, 1.54) is 6.33 Å². The molecule has 0 fully saturated rings. The van der Waals surface area contributed by atoms with Gasteiger partial charge in [0.1, 0.15) is 5.52 Å². The molecule has 0 saturated carbocycles. The molecule has 8 nitrogen and oxygen atoms in total. The van der Waals surface area contributed by atoms with Gasteiger partial charge < -0.3 is 9.40 Å². The summed E-state index contributed by atoms with van der Waals surface area (Å²) in [6.07, 6.45) is 1.45. The molecule has 2 N–H and O–H groups in total. The Labute approximate surface area is 117 Å². The standard InChI is InChI=1S/C11H9ClN6O2/c1-4-7(20-5(2)15-4)10(19)18-11-16-8(12)6-9(17-11)14-3-13-6/h3H,1-2H3,(H2,13,14,16,17,18,19). The topological polar surface area (TPSA) is 110 Å². The second-order valence-corrected chi connectivity index (χ2v) is 4.40. The number of aromatic amines is 1. The predicted molar refractivity (Wildman–Crippen MR) is 70.6 cm³/mol. The molecule has 0 atom stereocenters. The van der Waals surface area contributed by atoms with Crippen LogP contribution in [-0.2, 0) is 0 Å². The Morgan fingerprint density at radius 2 is 2.15 bits per heavy atom. The molecule has 20 heavy (non-hydrogen) atoms. The van der Waals surface area contributed by atoms with Gasteiger partial charge in [0, 0.05) is 6.92 Å². The molecule has 3 rings (SSSR count). The first-order valence-corrected chi connectivity index (χ1v) is 6.04. The minimum atomic E-state index is -0.492. The lowest BCUT2D eigenvalue weighted by atomic mass is 10.3. The smallest absolute Gasteiger partial charge is 0.295 e. The zero-order valence-electron chi connectivity index (χ0n) is 10.6. The number of hydrogen-bond acceptors (Lipinski definition) is 6. The van der Waals surface area contributed by atoms with Crippen LogP contribution in [-0.4, -0.2) is 30.8 Å². The molecule has 1 amide bonds. The van der Waals surface area contributed by atoms with Gasteiger partial charge in [0.15, 0.2) is 16.7 Å². The van der Waals surface area contributed by atoms with Gasteiger partial charge in [0.2, 0.25) is 11.7 Å². The van der Waals surface area contributed by atoms with Crippen molar-refractivity contribution in [2.75, 3.05) is 5.32 Å². The number of fused-ring (bicyclic) bond motifs is 1. The highest BCUT2D eigenvalue weighted by Gasteiger charge is 2.18. The second-order valence-electron chi connectivity index (χ2n) is 4.04. The van der Waals surface area contributed by atoms with Gasteiger partial charge in [0.25, 0.3) is 5.91 Å². The van der Waals surface area contributed by atoms with E-state index < -0.39 is 5.91 Å². The van der Waals surface area contributed by atoms with Crippen molar-refractivity contribution >= 4 is 34.6 Å². The Morgan fingerprint density at radius 3 is 2.85 bits per heavy atom. The molecular formula is C11H9ClN6O2. The molecular weight excluding hydrogens is 284 g/mol. The summed E-state index contributed by atoms with van der Waals surface area (Å²) in [5, 5.41) is 2.68. The number of carbonyl (C=O) groups excluding carboxylic acids is 1. The highest BCUT2D eigenvalue weighted by Crippen LogP contribution is 2.19. The SMILES string of the molecule is Cc1nc(C)c(C(=O)Nc2nc(Cl)c3[nH]cnc3n2)o1. The van der Waals surface area contributed by atoms with Gasteiger partial charge in [-0.25, -0.2) is 9.97 Å². The van der Waals surface area contributed by atoms with Crippen molar-refractivity contribution in [3.05, 3.63) is 28.8 Å². The number of imidazole rings is 1. The summed E-state index contributed by atoms with van der Waals surface area (Å²) in [7, 11) is 0. The molecule has 9 heteroatoms.